The number of nitrogens with one attached hydrogen (secondary N) is 1. The van der Waals surface area contributed by atoms with E-state index in [9.17, 15) is 14.0 Å². The van der Waals surface area contributed by atoms with Gasteiger partial charge in [-0.05, 0) is 30.7 Å². The fraction of sp³-hybridized carbons (Fsp3) is 0.263. The first-order chi connectivity index (χ1) is 12.1. The molecule has 130 valence electrons. The summed E-state index contributed by atoms with van der Waals surface area (Å²) in [6, 6.07) is 13.3. The fourth-order valence-electron chi connectivity index (χ4n) is 2.71. The Bertz CT molecular complexity index is 765. The lowest BCUT2D eigenvalue weighted by atomic mass is 10.2. The van der Waals surface area contributed by atoms with Gasteiger partial charge in [-0.15, -0.1) is 0 Å². The number of ether oxygens (including phenoxy) is 1. The first-order valence-corrected chi connectivity index (χ1v) is 8.22. The molecule has 2 aromatic carbocycles. The number of nitrogens with zero attached hydrogens (tertiary/aromatic N) is 1. The van der Waals surface area contributed by atoms with Crippen LogP contribution in [0.3, 0.4) is 0 Å². The van der Waals surface area contributed by atoms with Crippen LogP contribution in [0.2, 0.25) is 0 Å². The first-order valence-electron chi connectivity index (χ1n) is 8.22. The number of rotatable bonds is 6. The number of anilines is 1. The average molecular weight is 342 g/mol. The molecule has 1 aliphatic rings. The number of hydrogen-bond donors (Lipinski definition) is 1. The maximum atomic E-state index is 14.2. The van der Waals surface area contributed by atoms with Crippen molar-refractivity contribution in [3.63, 3.8) is 0 Å². The van der Waals surface area contributed by atoms with Crippen LogP contribution in [0.1, 0.15) is 19.3 Å². The Morgan fingerprint density at radius 1 is 1.16 bits per heavy atom. The van der Waals surface area contributed by atoms with Gasteiger partial charge >= 0.3 is 0 Å². The molecule has 25 heavy (non-hydrogen) atoms. The zero-order chi connectivity index (χ0) is 17.6. The smallest absolute Gasteiger partial charge is 0.226 e. The Morgan fingerprint density at radius 2 is 1.96 bits per heavy atom. The molecular formula is C19H19FN2O3. The molecule has 6 heteroatoms. The molecule has 0 spiro atoms. The van der Waals surface area contributed by atoms with E-state index in [0.29, 0.717) is 25.3 Å². The molecular weight excluding hydrogens is 323 g/mol. The molecule has 1 saturated heterocycles. The van der Waals surface area contributed by atoms with Gasteiger partial charge in [0, 0.05) is 25.9 Å². The molecule has 1 fully saturated rings. The highest BCUT2D eigenvalue weighted by atomic mass is 19.1. The Hall–Kier alpha value is -2.89. The molecule has 0 bridgehead atoms. The van der Waals surface area contributed by atoms with E-state index in [1.165, 1.54) is 12.1 Å². The lowest BCUT2D eigenvalue weighted by molar-refractivity contribution is -0.128. The highest BCUT2D eigenvalue weighted by Crippen LogP contribution is 2.31. The summed E-state index contributed by atoms with van der Waals surface area (Å²) in [6.45, 7) is 1.02. The van der Waals surface area contributed by atoms with Crippen molar-refractivity contribution in [2.45, 2.75) is 19.3 Å². The molecule has 0 unspecified atom stereocenters. The summed E-state index contributed by atoms with van der Waals surface area (Å²) in [5.41, 5.74) is 0.00380. The summed E-state index contributed by atoms with van der Waals surface area (Å²) in [5.74, 6) is -0.0865. The molecule has 1 N–H and O–H groups in total. The van der Waals surface area contributed by atoms with E-state index in [4.69, 9.17) is 4.74 Å². The predicted molar refractivity (Wildman–Crippen MR) is 92.0 cm³/mol. The van der Waals surface area contributed by atoms with Gasteiger partial charge in [-0.25, -0.2) is 4.39 Å². The summed E-state index contributed by atoms with van der Waals surface area (Å²) in [7, 11) is 0. The van der Waals surface area contributed by atoms with Crippen LogP contribution in [0.25, 0.3) is 0 Å². The minimum atomic E-state index is -0.570. The molecule has 0 radical (unpaired) electrons. The highest BCUT2D eigenvalue weighted by Gasteiger charge is 2.21. The number of hydrogen-bond acceptors (Lipinski definition) is 3. The van der Waals surface area contributed by atoms with E-state index in [2.05, 4.69) is 5.32 Å². The van der Waals surface area contributed by atoms with E-state index >= 15 is 0 Å². The standard InChI is InChI=1S/C19H19FN2O3/c20-15-8-4-9-16(25-14-6-2-1-3-7-14)19(15)21-17(23)11-13-22-12-5-10-18(22)24/h1-4,6-9H,5,10-13H2,(H,21,23). The van der Waals surface area contributed by atoms with Crippen molar-refractivity contribution in [1.82, 2.24) is 4.90 Å². The van der Waals surface area contributed by atoms with Gasteiger partial charge in [-0.2, -0.15) is 0 Å². The molecule has 2 aromatic rings. The number of likely N-dealkylation sites (tertiary alicyclic amines) is 1. The van der Waals surface area contributed by atoms with Crippen LogP contribution < -0.4 is 10.1 Å². The van der Waals surface area contributed by atoms with Crippen molar-refractivity contribution in [2.24, 2.45) is 0 Å². The number of amides is 2. The molecule has 0 saturated carbocycles. The largest absolute Gasteiger partial charge is 0.455 e. The molecule has 2 amide bonds. The highest BCUT2D eigenvalue weighted by molar-refractivity contribution is 5.93. The van der Waals surface area contributed by atoms with Crippen LogP contribution >= 0.6 is 0 Å². The van der Waals surface area contributed by atoms with Crippen LogP contribution in [-0.2, 0) is 9.59 Å². The minimum Gasteiger partial charge on any atom is -0.455 e. The molecule has 5 nitrogen and oxygen atoms in total. The topological polar surface area (TPSA) is 58.6 Å². The van der Waals surface area contributed by atoms with Gasteiger partial charge in [-0.1, -0.05) is 24.3 Å². The lowest BCUT2D eigenvalue weighted by Crippen LogP contribution is -2.28. The fourth-order valence-corrected chi connectivity index (χ4v) is 2.71. The van der Waals surface area contributed by atoms with Gasteiger partial charge in [0.2, 0.25) is 11.8 Å². The zero-order valence-electron chi connectivity index (χ0n) is 13.7. The second kappa shape index (κ2) is 7.79. The summed E-state index contributed by atoms with van der Waals surface area (Å²) >= 11 is 0. The van der Waals surface area contributed by atoms with Crippen LogP contribution in [0, 0.1) is 5.82 Å². The van der Waals surface area contributed by atoms with Crippen molar-refractivity contribution in [3.05, 3.63) is 54.3 Å². The third-order valence-electron chi connectivity index (χ3n) is 3.99. The van der Waals surface area contributed by atoms with E-state index in [0.717, 1.165) is 6.42 Å². The second-order valence-corrected chi connectivity index (χ2v) is 5.81. The van der Waals surface area contributed by atoms with Crippen molar-refractivity contribution >= 4 is 17.5 Å². The monoisotopic (exact) mass is 342 g/mol. The number of benzene rings is 2. The van der Waals surface area contributed by atoms with Crippen molar-refractivity contribution < 1.29 is 18.7 Å². The van der Waals surface area contributed by atoms with E-state index in [1.807, 2.05) is 6.07 Å². The van der Waals surface area contributed by atoms with E-state index in [-0.39, 0.29) is 29.7 Å². The third-order valence-corrected chi connectivity index (χ3v) is 3.99. The number of para-hydroxylation sites is 2. The summed E-state index contributed by atoms with van der Waals surface area (Å²) in [5, 5.41) is 2.56. The van der Waals surface area contributed by atoms with Gasteiger partial charge in [0.25, 0.3) is 0 Å². The van der Waals surface area contributed by atoms with Gasteiger partial charge in [0.1, 0.15) is 11.4 Å². The van der Waals surface area contributed by atoms with Crippen LogP contribution in [0.5, 0.6) is 11.5 Å². The van der Waals surface area contributed by atoms with Gasteiger partial charge in [0.05, 0.1) is 0 Å². The van der Waals surface area contributed by atoms with E-state index < -0.39 is 5.82 Å². The number of carbonyl (C=O) groups is 2. The van der Waals surface area contributed by atoms with Gasteiger partial charge in [-0.3, -0.25) is 9.59 Å². The Labute approximate surface area is 145 Å². The maximum Gasteiger partial charge on any atom is 0.226 e. The molecule has 0 atom stereocenters. The maximum absolute atomic E-state index is 14.2. The minimum absolute atomic E-state index is 0.00380. The summed E-state index contributed by atoms with van der Waals surface area (Å²) in [4.78, 5) is 25.4. The third kappa shape index (κ3) is 4.35. The quantitative estimate of drug-likeness (QED) is 0.873. The van der Waals surface area contributed by atoms with E-state index in [1.54, 1.807) is 35.2 Å². The predicted octanol–water partition coefficient (Wildman–Crippen LogP) is 3.57. The average Bonchev–Trinajstić information content (AvgIpc) is 3.02. The van der Waals surface area contributed by atoms with Crippen LogP contribution in [0.15, 0.2) is 48.5 Å². The Balaban J connectivity index is 1.66. The van der Waals surface area contributed by atoms with Gasteiger partial charge < -0.3 is 15.0 Å². The Morgan fingerprint density at radius 3 is 2.68 bits per heavy atom. The van der Waals surface area contributed by atoms with Crippen LogP contribution in [-0.4, -0.2) is 29.8 Å². The second-order valence-electron chi connectivity index (χ2n) is 5.81. The van der Waals surface area contributed by atoms with Crippen molar-refractivity contribution in [1.29, 1.82) is 0 Å². The molecule has 3 rings (SSSR count). The van der Waals surface area contributed by atoms with Crippen molar-refractivity contribution in [3.8, 4) is 11.5 Å². The molecule has 1 heterocycles. The summed E-state index contributed by atoms with van der Waals surface area (Å²) in [6.07, 6.45) is 1.47. The van der Waals surface area contributed by atoms with Crippen LogP contribution in [0.4, 0.5) is 10.1 Å². The number of carbonyl (C=O) groups excluding carboxylic acids is 2. The SMILES string of the molecule is O=C(CCN1CCCC1=O)Nc1c(F)cccc1Oc1ccccc1. The molecule has 0 aliphatic carbocycles. The zero-order valence-corrected chi connectivity index (χ0v) is 13.7. The van der Waals surface area contributed by atoms with Crippen molar-refractivity contribution in [2.75, 3.05) is 18.4 Å². The summed E-state index contributed by atoms with van der Waals surface area (Å²) < 4.78 is 19.8. The molecule has 1 aliphatic heterocycles. The number of halogens is 1. The molecule has 0 aromatic heterocycles. The Kier molecular flexibility index (Phi) is 5.28. The first kappa shape index (κ1) is 17.0. The lowest BCUT2D eigenvalue weighted by Gasteiger charge is -2.16. The van der Waals surface area contributed by atoms with Gasteiger partial charge in [0.15, 0.2) is 11.6 Å². The normalized spacial score (nSPS) is 13.8.